The standard InChI is InChI=1S/C31H36F2N2O5/c1-5-6-12-26(37)34-14-13-21-17-25(35-30(38)40-31(2,3)4)28(32)29(33)27(21)22-15-23(36)18-24(16-22)39-19-20-10-8-7-9-11-20/h7-11,15-18,36H,5-6,12-14,19H2,1-4H3,(H,34,37)(H,35,38). The fourth-order valence-electron chi connectivity index (χ4n) is 4.01. The summed E-state index contributed by atoms with van der Waals surface area (Å²) in [7, 11) is 0. The van der Waals surface area contributed by atoms with E-state index in [4.69, 9.17) is 9.47 Å². The predicted molar refractivity (Wildman–Crippen MR) is 150 cm³/mol. The van der Waals surface area contributed by atoms with Crippen molar-refractivity contribution in [1.82, 2.24) is 5.32 Å². The number of halogens is 2. The van der Waals surface area contributed by atoms with Crippen LogP contribution in [0, 0.1) is 11.6 Å². The van der Waals surface area contributed by atoms with Gasteiger partial charge in [0, 0.05) is 24.6 Å². The van der Waals surface area contributed by atoms with Crippen LogP contribution in [0.2, 0.25) is 0 Å². The fourth-order valence-corrected chi connectivity index (χ4v) is 4.01. The number of amides is 2. The molecule has 3 N–H and O–H groups in total. The van der Waals surface area contributed by atoms with E-state index in [2.05, 4.69) is 10.6 Å². The van der Waals surface area contributed by atoms with E-state index in [9.17, 15) is 14.7 Å². The summed E-state index contributed by atoms with van der Waals surface area (Å²) in [5.41, 5.74) is 0.0131. The SMILES string of the molecule is CCCCC(=O)NCCc1cc(NC(=O)OC(C)(C)C)c(F)c(F)c1-c1cc(O)cc(OCc2ccccc2)c1. The Morgan fingerprint density at radius 1 is 1.00 bits per heavy atom. The third-order valence-electron chi connectivity index (χ3n) is 5.83. The summed E-state index contributed by atoms with van der Waals surface area (Å²) in [4.78, 5) is 24.4. The van der Waals surface area contributed by atoms with Crippen molar-refractivity contribution in [3.8, 4) is 22.6 Å². The summed E-state index contributed by atoms with van der Waals surface area (Å²) in [6.45, 7) is 7.29. The van der Waals surface area contributed by atoms with Crippen molar-refractivity contribution in [3.05, 3.63) is 77.4 Å². The third-order valence-corrected chi connectivity index (χ3v) is 5.83. The number of carbonyl (C=O) groups is 2. The molecule has 0 saturated carbocycles. The van der Waals surface area contributed by atoms with Crippen molar-refractivity contribution in [2.45, 2.75) is 65.6 Å². The van der Waals surface area contributed by atoms with Crippen LogP contribution in [-0.2, 0) is 22.6 Å². The third kappa shape index (κ3) is 8.97. The number of hydrogen-bond donors (Lipinski definition) is 3. The average Bonchev–Trinajstić information content (AvgIpc) is 2.88. The Morgan fingerprint density at radius 3 is 2.40 bits per heavy atom. The van der Waals surface area contributed by atoms with E-state index in [0.717, 1.165) is 18.4 Å². The van der Waals surface area contributed by atoms with E-state index < -0.39 is 29.0 Å². The fraction of sp³-hybridized carbons (Fsp3) is 0.355. The first kappa shape index (κ1) is 30.4. The number of phenols is 1. The maximum absolute atomic E-state index is 15.7. The normalized spacial score (nSPS) is 11.2. The van der Waals surface area contributed by atoms with Crippen LogP contribution in [0.3, 0.4) is 0 Å². The quantitative estimate of drug-likeness (QED) is 0.235. The molecule has 0 aliphatic rings. The van der Waals surface area contributed by atoms with Gasteiger partial charge in [-0.25, -0.2) is 13.6 Å². The molecule has 0 spiro atoms. The van der Waals surface area contributed by atoms with Crippen LogP contribution in [-0.4, -0.2) is 29.3 Å². The van der Waals surface area contributed by atoms with Gasteiger partial charge in [0.2, 0.25) is 5.91 Å². The van der Waals surface area contributed by atoms with E-state index >= 15 is 8.78 Å². The Hall–Kier alpha value is -4.14. The highest BCUT2D eigenvalue weighted by Crippen LogP contribution is 2.37. The number of aromatic hydroxyl groups is 1. The molecule has 0 heterocycles. The molecule has 9 heteroatoms. The first-order valence-electron chi connectivity index (χ1n) is 13.3. The molecule has 3 aromatic rings. The summed E-state index contributed by atoms with van der Waals surface area (Å²) in [6.07, 6.45) is 1.16. The Morgan fingerprint density at radius 2 is 1.73 bits per heavy atom. The van der Waals surface area contributed by atoms with Crippen LogP contribution < -0.4 is 15.4 Å². The summed E-state index contributed by atoms with van der Waals surface area (Å²) >= 11 is 0. The van der Waals surface area contributed by atoms with Crippen LogP contribution in [0.5, 0.6) is 11.5 Å². The molecular weight excluding hydrogens is 518 g/mol. The van der Waals surface area contributed by atoms with E-state index in [0.29, 0.717) is 12.0 Å². The van der Waals surface area contributed by atoms with E-state index in [1.165, 1.54) is 24.3 Å². The maximum Gasteiger partial charge on any atom is 0.412 e. The van der Waals surface area contributed by atoms with Gasteiger partial charge in [-0.05, 0) is 68.5 Å². The van der Waals surface area contributed by atoms with Crippen molar-refractivity contribution in [3.63, 3.8) is 0 Å². The number of ether oxygens (including phenoxy) is 2. The minimum Gasteiger partial charge on any atom is -0.508 e. The lowest BCUT2D eigenvalue weighted by Gasteiger charge is -2.21. The average molecular weight is 555 g/mol. The van der Waals surface area contributed by atoms with Gasteiger partial charge in [-0.3, -0.25) is 10.1 Å². The molecule has 7 nitrogen and oxygen atoms in total. The van der Waals surface area contributed by atoms with Gasteiger partial charge < -0.3 is 19.9 Å². The number of phenolic OH excluding ortho intramolecular Hbond substituents is 1. The molecule has 0 aliphatic heterocycles. The van der Waals surface area contributed by atoms with Gasteiger partial charge in [-0.2, -0.15) is 0 Å². The van der Waals surface area contributed by atoms with Gasteiger partial charge in [0.05, 0.1) is 5.69 Å². The molecule has 0 bridgehead atoms. The predicted octanol–water partition coefficient (Wildman–Crippen LogP) is 7.11. The van der Waals surface area contributed by atoms with Crippen LogP contribution in [0.1, 0.15) is 58.1 Å². The Kier molecular flexibility index (Phi) is 10.5. The Balaban J connectivity index is 1.96. The molecule has 0 aromatic heterocycles. The zero-order chi connectivity index (χ0) is 29.3. The molecule has 3 rings (SSSR count). The zero-order valence-corrected chi connectivity index (χ0v) is 23.3. The number of unbranched alkanes of at least 4 members (excludes halogenated alkanes) is 1. The van der Waals surface area contributed by atoms with Crippen molar-refractivity contribution in [2.75, 3.05) is 11.9 Å². The van der Waals surface area contributed by atoms with Gasteiger partial charge in [-0.1, -0.05) is 43.7 Å². The van der Waals surface area contributed by atoms with Gasteiger partial charge in [0.15, 0.2) is 11.6 Å². The molecule has 0 fully saturated rings. The van der Waals surface area contributed by atoms with E-state index in [-0.39, 0.29) is 48.1 Å². The van der Waals surface area contributed by atoms with E-state index in [1.54, 1.807) is 20.8 Å². The molecule has 0 radical (unpaired) electrons. The van der Waals surface area contributed by atoms with Gasteiger partial charge in [0.25, 0.3) is 0 Å². The lowest BCUT2D eigenvalue weighted by molar-refractivity contribution is -0.121. The summed E-state index contributed by atoms with van der Waals surface area (Å²) in [6, 6.07) is 14.9. The number of rotatable bonds is 11. The van der Waals surface area contributed by atoms with Crippen molar-refractivity contribution in [2.24, 2.45) is 0 Å². The highest BCUT2D eigenvalue weighted by Gasteiger charge is 2.24. The van der Waals surface area contributed by atoms with E-state index in [1.807, 2.05) is 37.3 Å². The molecule has 0 unspecified atom stereocenters. The minimum atomic E-state index is -1.29. The summed E-state index contributed by atoms with van der Waals surface area (Å²) < 4.78 is 42.0. The van der Waals surface area contributed by atoms with Crippen LogP contribution in [0.4, 0.5) is 19.3 Å². The molecule has 0 atom stereocenters. The smallest absolute Gasteiger partial charge is 0.412 e. The van der Waals surface area contributed by atoms with Crippen molar-refractivity contribution >= 4 is 17.7 Å². The second kappa shape index (κ2) is 13.8. The molecule has 214 valence electrons. The van der Waals surface area contributed by atoms with Crippen molar-refractivity contribution in [1.29, 1.82) is 0 Å². The van der Waals surface area contributed by atoms with Crippen LogP contribution in [0.15, 0.2) is 54.6 Å². The van der Waals surface area contributed by atoms with Crippen LogP contribution in [0.25, 0.3) is 11.1 Å². The summed E-state index contributed by atoms with van der Waals surface area (Å²) in [5.74, 6) is -2.59. The molecule has 3 aromatic carbocycles. The number of hydrogen-bond acceptors (Lipinski definition) is 5. The number of nitrogens with one attached hydrogen (secondary N) is 2. The second-order valence-corrected chi connectivity index (χ2v) is 10.4. The van der Waals surface area contributed by atoms with Gasteiger partial charge in [-0.15, -0.1) is 0 Å². The van der Waals surface area contributed by atoms with Gasteiger partial charge in [0.1, 0.15) is 23.7 Å². The highest BCUT2D eigenvalue weighted by atomic mass is 19.2. The van der Waals surface area contributed by atoms with Crippen molar-refractivity contribution < 1.29 is 33.0 Å². The maximum atomic E-state index is 15.7. The van der Waals surface area contributed by atoms with Crippen LogP contribution >= 0.6 is 0 Å². The van der Waals surface area contributed by atoms with Gasteiger partial charge >= 0.3 is 6.09 Å². The molecule has 0 saturated heterocycles. The Labute approximate surface area is 233 Å². The highest BCUT2D eigenvalue weighted by molar-refractivity contribution is 5.86. The number of benzene rings is 3. The first-order chi connectivity index (χ1) is 19.0. The minimum absolute atomic E-state index is 0.115. The molecule has 0 aliphatic carbocycles. The number of anilines is 1. The second-order valence-electron chi connectivity index (χ2n) is 10.4. The first-order valence-corrected chi connectivity index (χ1v) is 13.3. The largest absolute Gasteiger partial charge is 0.508 e. The Bertz CT molecular complexity index is 1320. The molecule has 40 heavy (non-hydrogen) atoms. The lowest BCUT2D eigenvalue weighted by atomic mass is 9.95. The lowest BCUT2D eigenvalue weighted by Crippen LogP contribution is -2.28. The monoisotopic (exact) mass is 554 g/mol. The molecular formula is C31H36F2N2O5. The topological polar surface area (TPSA) is 96.9 Å². The summed E-state index contributed by atoms with van der Waals surface area (Å²) in [5, 5.41) is 15.5. The zero-order valence-electron chi connectivity index (χ0n) is 23.3. The number of carbonyl (C=O) groups excluding carboxylic acids is 2. The molecule has 2 amide bonds.